The second-order valence-electron chi connectivity index (χ2n) is 4.42. The molecule has 1 aromatic heterocycles. The maximum absolute atomic E-state index is 11.5. The van der Waals surface area contributed by atoms with Crippen LogP contribution in [0.15, 0.2) is 28.7 Å². The first-order chi connectivity index (χ1) is 8.89. The van der Waals surface area contributed by atoms with Crippen LogP contribution in [0.2, 0.25) is 0 Å². The van der Waals surface area contributed by atoms with Gasteiger partial charge in [0.2, 0.25) is 5.91 Å². The number of halogens is 1. The van der Waals surface area contributed by atoms with Gasteiger partial charge in [0.1, 0.15) is 11.3 Å². The fourth-order valence-electron chi connectivity index (χ4n) is 2.49. The maximum Gasteiger partial charge on any atom is 0.324 e. The lowest BCUT2D eigenvalue weighted by Crippen LogP contribution is -2.48. The molecule has 0 radical (unpaired) electrons. The molecule has 5 nitrogen and oxygen atoms in total. The van der Waals surface area contributed by atoms with Gasteiger partial charge in [-0.3, -0.25) is 4.79 Å². The molecule has 0 saturated carbocycles. The third-order valence-corrected chi connectivity index (χ3v) is 4.66. The van der Waals surface area contributed by atoms with Crippen LogP contribution in [-0.4, -0.2) is 18.6 Å². The van der Waals surface area contributed by atoms with Gasteiger partial charge in [-0.05, 0) is 13.0 Å². The molecule has 1 fully saturated rings. The SMILES string of the molecule is Cc1oc2ccccc2c1C1CC(=O)N1S(=O)(=O)Cl. The second-order valence-corrected chi connectivity index (χ2v) is 6.81. The first-order valence-corrected chi connectivity index (χ1v) is 7.91. The summed E-state index contributed by atoms with van der Waals surface area (Å²) in [5, 5.41) is 0.808. The van der Waals surface area contributed by atoms with Gasteiger partial charge in [0.25, 0.3) is 0 Å². The number of nitrogens with zero attached hydrogens (tertiary/aromatic N) is 1. The maximum atomic E-state index is 11.5. The van der Waals surface area contributed by atoms with Gasteiger partial charge in [-0.1, -0.05) is 18.2 Å². The summed E-state index contributed by atoms with van der Waals surface area (Å²) in [5.74, 6) is 0.105. The van der Waals surface area contributed by atoms with E-state index in [2.05, 4.69) is 0 Å². The van der Waals surface area contributed by atoms with E-state index < -0.39 is 21.2 Å². The van der Waals surface area contributed by atoms with E-state index in [-0.39, 0.29) is 6.42 Å². The lowest BCUT2D eigenvalue weighted by molar-refractivity contribution is -0.137. The van der Waals surface area contributed by atoms with Crippen LogP contribution in [0, 0.1) is 6.92 Å². The Morgan fingerprint density at radius 3 is 2.68 bits per heavy atom. The number of aryl methyl sites for hydroxylation is 1. The number of carbonyl (C=O) groups is 1. The third-order valence-electron chi connectivity index (χ3n) is 3.28. The minimum absolute atomic E-state index is 0.121. The van der Waals surface area contributed by atoms with Crippen LogP contribution in [0.25, 0.3) is 11.0 Å². The molecule has 0 N–H and O–H groups in total. The van der Waals surface area contributed by atoms with Crippen molar-refractivity contribution in [3.05, 3.63) is 35.6 Å². The van der Waals surface area contributed by atoms with Gasteiger partial charge in [-0.25, -0.2) is 4.31 Å². The molecule has 0 aliphatic carbocycles. The molecule has 1 saturated heterocycles. The minimum atomic E-state index is -4.06. The lowest BCUT2D eigenvalue weighted by atomic mass is 9.94. The molecule has 2 aromatic rings. The normalized spacial score (nSPS) is 19.8. The Bertz CT molecular complexity index is 780. The van der Waals surface area contributed by atoms with Crippen molar-refractivity contribution in [3.8, 4) is 0 Å². The fraction of sp³-hybridized carbons (Fsp3) is 0.250. The standard InChI is InChI=1S/C12H10ClNO4S/c1-7-12(8-4-2-3-5-10(8)18-7)9-6-11(15)14(9)19(13,16)17/h2-5,9H,6H2,1H3. The van der Waals surface area contributed by atoms with Gasteiger partial charge < -0.3 is 4.42 Å². The van der Waals surface area contributed by atoms with Crippen LogP contribution >= 0.6 is 10.7 Å². The number of fused-ring (bicyclic) bond motifs is 1. The number of rotatable bonds is 2. The van der Waals surface area contributed by atoms with Crippen LogP contribution in [0.4, 0.5) is 0 Å². The van der Waals surface area contributed by atoms with Crippen LogP contribution in [-0.2, 0) is 14.0 Å². The molecular formula is C12H10ClNO4S. The van der Waals surface area contributed by atoms with E-state index in [1.807, 2.05) is 18.2 Å². The quantitative estimate of drug-likeness (QED) is 0.631. The fourth-order valence-corrected chi connectivity index (χ4v) is 3.82. The number of benzene rings is 1. The number of carbonyl (C=O) groups excluding carboxylic acids is 1. The molecule has 2 heterocycles. The van der Waals surface area contributed by atoms with Crippen molar-refractivity contribution in [2.45, 2.75) is 19.4 Å². The van der Waals surface area contributed by atoms with Gasteiger partial charge in [-0.2, -0.15) is 8.42 Å². The Morgan fingerprint density at radius 1 is 1.37 bits per heavy atom. The van der Waals surface area contributed by atoms with Crippen molar-refractivity contribution in [1.29, 1.82) is 0 Å². The molecule has 19 heavy (non-hydrogen) atoms. The Balaban J connectivity index is 2.16. The third kappa shape index (κ3) is 1.82. The minimum Gasteiger partial charge on any atom is -0.461 e. The first kappa shape index (κ1) is 12.5. The molecular weight excluding hydrogens is 290 g/mol. The summed E-state index contributed by atoms with van der Waals surface area (Å²) in [6.07, 6.45) is 0.121. The lowest BCUT2D eigenvalue weighted by Gasteiger charge is -2.37. The zero-order valence-corrected chi connectivity index (χ0v) is 11.5. The Morgan fingerprint density at radius 2 is 2.05 bits per heavy atom. The average molecular weight is 300 g/mol. The topological polar surface area (TPSA) is 67.6 Å². The number of amides is 1. The second kappa shape index (κ2) is 3.98. The van der Waals surface area contributed by atoms with E-state index in [0.717, 1.165) is 5.39 Å². The Kier molecular flexibility index (Phi) is 2.62. The summed E-state index contributed by atoms with van der Waals surface area (Å²) in [6.45, 7) is 1.75. The van der Waals surface area contributed by atoms with Crippen molar-refractivity contribution in [2.24, 2.45) is 0 Å². The van der Waals surface area contributed by atoms with Crippen LogP contribution in [0.5, 0.6) is 0 Å². The van der Waals surface area contributed by atoms with Gasteiger partial charge in [0.05, 0.1) is 12.5 Å². The molecule has 0 spiro atoms. The molecule has 1 aliphatic heterocycles. The number of para-hydroxylation sites is 1. The molecule has 7 heteroatoms. The Labute approximate surface area is 114 Å². The number of furan rings is 1. The van der Waals surface area contributed by atoms with Gasteiger partial charge >= 0.3 is 9.24 Å². The summed E-state index contributed by atoms with van der Waals surface area (Å²) in [5.41, 5.74) is 1.38. The predicted molar refractivity (Wildman–Crippen MR) is 69.9 cm³/mol. The van der Waals surface area contributed by atoms with E-state index in [1.165, 1.54) is 0 Å². The monoisotopic (exact) mass is 299 g/mol. The zero-order chi connectivity index (χ0) is 13.8. The molecule has 1 amide bonds. The highest BCUT2D eigenvalue weighted by atomic mass is 35.7. The van der Waals surface area contributed by atoms with Crippen LogP contribution in [0.3, 0.4) is 0 Å². The highest BCUT2D eigenvalue weighted by Gasteiger charge is 2.46. The van der Waals surface area contributed by atoms with Crippen molar-refractivity contribution >= 4 is 36.8 Å². The first-order valence-electron chi connectivity index (χ1n) is 5.64. The van der Waals surface area contributed by atoms with E-state index in [1.54, 1.807) is 13.0 Å². The number of hydrogen-bond donors (Lipinski definition) is 0. The highest BCUT2D eigenvalue weighted by molar-refractivity contribution is 8.12. The summed E-state index contributed by atoms with van der Waals surface area (Å²) < 4.78 is 29.1. The van der Waals surface area contributed by atoms with E-state index >= 15 is 0 Å². The smallest absolute Gasteiger partial charge is 0.324 e. The van der Waals surface area contributed by atoms with Crippen LogP contribution in [0.1, 0.15) is 23.8 Å². The summed E-state index contributed by atoms with van der Waals surface area (Å²) >= 11 is 0. The van der Waals surface area contributed by atoms with Gasteiger partial charge in [0, 0.05) is 21.6 Å². The predicted octanol–water partition coefficient (Wildman–Crippen LogP) is 2.50. The van der Waals surface area contributed by atoms with E-state index in [9.17, 15) is 13.2 Å². The van der Waals surface area contributed by atoms with Gasteiger partial charge in [-0.15, -0.1) is 0 Å². The largest absolute Gasteiger partial charge is 0.461 e. The number of β-lactam (4-membered cyclic amide) rings is 1. The molecule has 100 valence electrons. The van der Waals surface area contributed by atoms with E-state index in [4.69, 9.17) is 15.1 Å². The van der Waals surface area contributed by atoms with Crippen molar-refractivity contribution < 1.29 is 17.6 Å². The number of hydrogen-bond acceptors (Lipinski definition) is 4. The highest BCUT2D eigenvalue weighted by Crippen LogP contribution is 2.43. The molecule has 1 atom stereocenters. The van der Waals surface area contributed by atoms with Crippen molar-refractivity contribution in [3.63, 3.8) is 0 Å². The van der Waals surface area contributed by atoms with Crippen molar-refractivity contribution in [1.82, 2.24) is 4.31 Å². The average Bonchev–Trinajstić information content (AvgIpc) is 2.59. The summed E-state index contributed by atoms with van der Waals surface area (Å²) in [6, 6.07) is 6.73. The van der Waals surface area contributed by atoms with Crippen molar-refractivity contribution in [2.75, 3.05) is 0 Å². The van der Waals surface area contributed by atoms with Gasteiger partial charge in [0.15, 0.2) is 0 Å². The molecule has 0 bridgehead atoms. The molecule has 1 aliphatic rings. The van der Waals surface area contributed by atoms with Crippen LogP contribution < -0.4 is 0 Å². The molecule has 1 aromatic carbocycles. The molecule has 1 unspecified atom stereocenters. The zero-order valence-electron chi connectivity index (χ0n) is 9.96. The summed E-state index contributed by atoms with van der Waals surface area (Å²) in [7, 11) is 1.23. The van der Waals surface area contributed by atoms with E-state index in [0.29, 0.717) is 21.2 Å². The molecule has 3 rings (SSSR count). The summed E-state index contributed by atoms with van der Waals surface area (Å²) in [4.78, 5) is 11.5. The Hall–Kier alpha value is -1.53.